The van der Waals surface area contributed by atoms with Crippen molar-refractivity contribution in [3.8, 4) is 6.01 Å². The predicted molar refractivity (Wildman–Crippen MR) is 89.9 cm³/mol. The van der Waals surface area contributed by atoms with Crippen LogP contribution in [0.1, 0.15) is 30.6 Å². The lowest BCUT2D eigenvalue weighted by molar-refractivity contribution is -0.121. The Morgan fingerprint density at radius 2 is 2.04 bits per heavy atom. The van der Waals surface area contributed by atoms with Crippen molar-refractivity contribution in [1.29, 1.82) is 0 Å². The Morgan fingerprint density at radius 3 is 2.70 bits per heavy atom. The highest BCUT2D eigenvalue weighted by Crippen LogP contribution is 2.22. The molecule has 2 aromatic rings. The monoisotopic (exact) mass is 351 g/mol. The molecule has 0 aromatic carbocycles. The molecule has 23 heavy (non-hydrogen) atoms. The summed E-state index contributed by atoms with van der Waals surface area (Å²) in [5, 5.41) is 5.60. The standard InChI is InChI=1S/C16H18ClN3O2S/c17-11-9-18-16(19-10-11)22-13-5-3-12(4-6-13)20-15(21)8-14-2-1-7-23-14/h1-2,7,9-10,12-13H,3-6,8H2,(H,20,21). The van der Waals surface area contributed by atoms with E-state index in [0.717, 1.165) is 30.6 Å². The number of carbonyl (C=O) groups is 1. The number of hydrogen-bond acceptors (Lipinski definition) is 5. The Hall–Kier alpha value is -1.66. The first kappa shape index (κ1) is 16.2. The summed E-state index contributed by atoms with van der Waals surface area (Å²) in [6, 6.07) is 4.54. The third-order valence-corrected chi connectivity index (χ3v) is 4.89. The minimum Gasteiger partial charge on any atom is -0.460 e. The molecule has 0 saturated heterocycles. The summed E-state index contributed by atoms with van der Waals surface area (Å²) in [5.74, 6) is 0.0952. The van der Waals surface area contributed by atoms with Gasteiger partial charge in [0.1, 0.15) is 6.10 Å². The van der Waals surface area contributed by atoms with Crippen molar-refractivity contribution in [1.82, 2.24) is 15.3 Å². The molecule has 0 bridgehead atoms. The average molecular weight is 352 g/mol. The third kappa shape index (κ3) is 4.91. The lowest BCUT2D eigenvalue weighted by Gasteiger charge is -2.28. The van der Waals surface area contributed by atoms with E-state index in [0.29, 0.717) is 17.5 Å². The highest BCUT2D eigenvalue weighted by molar-refractivity contribution is 7.10. The molecule has 5 nitrogen and oxygen atoms in total. The number of hydrogen-bond donors (Lipinski definition) is 1. The highest BCUT2D eigenvalue weighted by atomic mass is 35.5. The summed E-state index contributed by atoms with van der Waals surface area (Å²) in [7, 11) is 0. The number of rotatable bonds is 5. The van der Waals surface area contributed by atoms with Crippen LogP contribution in [0.4, 0.5) is 0 Å². The highest BCUT2D eigenvalue weighted by Gasteiger charge is 2.24. The molecule has 1 saturated carbocycles. The molecule has 0 atom stereocenters. The molecule has 1 amide bonds. The lowest BCUT2D eigenvalue weighted by atomic mass is 9.93. The normalized spacial score (nSPS) is 20.9. The van der Waals surface area contributed by atoms with Crippen LogP contribution in [0.15, 0.2) is 29.9 Å². The quantitative estimate of drug-likeness (QED) is 0.898. The maximum atomic E-state index is 12.0. The fraction of sp³-hybridized carbons (Fsp3) is 0.438. The molecule has 0 radical (unpaired) electrons. The number of aromatic nitrogens is 2. The van der Waals surface area contributed by atoms with E-state index in [1.807, 2.05) is 17.5 Å². The number of nitrogens with one attached hydrogen (secondary N) is 1. The third-order valence-electron chi connectivity index (χ3n) is 3.82. The number of ether oxygens (including phenoxy) is 1. The molecule has 1 aliphatic rings. The van der Waals surface area contributed by atoms with Gasteiger partial charge in [-0.3, -0.25) is 4.79 Å². The summed E-state index contributed by atoms with van der Waals surface area (Å²) in [6.45, 7) is 0. The second-order valence-electron chi connectivity index (χ2n) is 5.60. The van der Waals surface area contributed by atoms with E-state index < -0.39 is 0 Å². The van der Waals surface area contributed by atoms with Crippen LogP contribution in [0, 0.1) is 0 Å². The second kappa shape index (κ2) is 7.75. The van der Waals surface area contributed by atoms with Gasteiger partial charge >= 0.3 is 6.01 Å². The summed E-state index contributed by atoms with van der Waals surface area (Å²) in [6.07, 6.45) is 7.21. The van der Waals surface area contributed by atoms with Gasteiger partial charge in [-0.25, -0.2) is 9.97 Å². The van der Waals surface area contributed by atoms with Crippen LogP contribution < -0.4 is 10.1 Å². The van der Waals surface area contributed by atoms with Gasteiger partial charge in [0.05, 0.1) is 23.8 Å². The molecule has 7 heteroatoms. The SMILES string of the molecule is O=C(Cc1cccs1)NC1CCC(Oc2ncc(Cl)cn2)CC1. The van der Waals surface area contributed by atoms with Gasteiger partial charge in [0.15, 0.2) is 0 Å². The van der Waals surface area contributed by atoms with E-state index in [1.54, 1.807) is 11.3 Å². The first-order valence-electron chi connectivity index (χ1n) is 7.65. The van der Waals surface area contributed by atoms with Gasteiger partial charge in [-0.2, -0.15) is 0 Å². The zero-order valence-corrected chi connectivity index (χ0v) is 14.1. The van der Waals surface area contributed by atoms with Crippen molar-refractivity contribution in [3.05, 3.63) is 39.8 Å². The van der Waals surface area contributed by atoms with Crippen LogP contribution >= 0.6 is 22.9 Å². The van der Waals surface area contributed by atoms with Gasteiger partial charge < -0.3 is 10.1 Å². The number of amides is 1. The van der Waals surface area contributed by atoms with Crippen molar-refractivity contribution in [2.45, 2.75) is 44.2 Å². The molecule has 2 aromatic heterocycles. The molecule has 0 unspecified atom stereocenters. The first-order chi connectivity index (χ1) is 11.2. The zero-order chi connectivity index (χ0) is 16.1. The molecular weight excluding hydrogens is 334 g/mol. The molecule has 122 valence electrons. The summed E-state index contributed by atoms with van der Waals surface area (Å²) < 4.78 is 5.76. The van der Waals surface area contributed by atoms with Crippen LogP contribution in [-0.4, -0.2) is 28.0 Å². The largest absolute Gasteiger partial charge is 0.460 e. The van der Waals surface area contributed by atoms with Crippen LogP contribution in [-0.2, 0) is 11.2 Å². The Bertz CT molecular complexity index is 625. The van der Waals surface area contributed by atoms with Gasteiger partial charge in [0, 0.05) is 10.9 Å². The van der Waals surface area contributed by atoms with Crippen LogP contribution in [0.5, 0.6) is 6.01 Å². The predicted octanol–water partition coefficient (Wildman–Crippen LogP) is 3.24. The van der Waals surface area contributed by atoms with Crippen molar-refractivity contribution in [2.24, 2.45) is 0 Å². The van der Waals surface area contributed by atoms with Crippen molar-refractivity contribution >= 4 is 28.8 Å². The summed E-state index contributed by atoms with van der Waals surface area (Å²) in [4.78, 5) is 21.2. The summed E-state index contributed by atoms with van der Waals surface area (Å²) >= 11 is 7.36. The molecule has 0 spiro atoms. The molecule has 2 heterocycles. The van der Waals surface area contributed by atoms with Gasteiger partial charge in [-0.1, -0.05) is 17.7 Å². The number of carbonyl (C=O) groups excluding carboxylic acids is 1. The summed E-state index contributed by atoms with van der Waals surface area (Å²) in [5.41, 5.74) is 0. The maximum absolute atomic E-state index is 12.0. The Morgan fingerprint density at radius 1 is 1.30 bits per heavy atom. The van der Waals surface area contributed by atoms with Crippen molar-refractivity contribution in [3.63, 3.8) is 0 Å². The topological polar surface area (TPSA) is 64.1 Å². The van der Waals surface area contributed by atoms with Gasteiger partial charge in [0.2, 0.25) is 5.91 Å². The lowest BCUT2D eigenvalue weighted by Crippen LogP contribution is -2.40. The van der Waals surface area contributed by atoms with E-state index in [-0.39, 0.29) is 18.1 Å². The molecule has 0 aliphatic heterocycles. The fourth-order valence-electron chi connectivity index (χ4n) is 2.69. The molecule has 1 aliphatic carbocycles. The van der Waals surface area contributed by atoms with E-state index >= 15 is 0 Å². The van der Waals surface area contributed by atoms with E-state index in [9.17, 15) is 4.79 Å². The first-order valence-corrected chi connectivity index (χ1v) is 8.91. The van der Waals surface area contributed by atoms with Gasteiger partial charge in [0.25, 0.3) is 0 Å². The van der Waals surface area contributed by atoms with E-state index in [2.05, 4.69) is 15.3 Å². The fourth-order valence-corrected chi connectivity index (χ4v) is 3.49. The number of halogens is 1. The molecule has 1 N–H and O–H groups in total. The smallest absolute Gasteiger partial charge is 0.316 e. The van der Waals surface area contributed by atoms with E-state index in [1.165, 1.54) is 12.4 Å². The van der Waals surface area contributed by atoms with Crippen molar-refractivity contribution < 1.29 is 9.53 Å². The Kier molecular flexibility index (Phi) is 5.46. The minimum absolute atomic E-state index is 0.0952. The molecule has 1 fully saturated rings. The minimum atomic E-state index is 0.0952. The molecular formula is C16H18ClN3O2S. The van der Waals surface area contributed by atoms with Gasteiger partial charge in [-0.15, -0.1) is 11.3 Å². The Labute approximate surface area is 144 Å². The van der Waals surface area contributed by atoms with Crippen LogP contribution in [0.2, 0.25) is 5.02 Å². The molecule has 3 rings (SSSR count). The van der Waals surface area contributed by atoms with Crippen LogP contribution in [0.25, 0.3) is 0 Å². The number of thiophene rings is 1. The maximum Gasteiger partial charge on any atom is 0.316 e. The van der Waals surface area contributed by atoms with Crippen LogP contribution in [0.3, 0.4) is 0 Å². The average Bonchev–Trinajstić information content (AvgIpc) is 3.04. The second-order valence-corrected chi connectivity index (χ2v) is 7.07. The van der Waals surface area contributed by atoms with E-state index in [4.69, 9.17) is 16.3 Å². The Balaban J connectivity index is 1.41. The number of nitrogens with zero attached hydrogens (tertiary/aromatic N) is 2. The van der Waals surface area contributed by atoms with Gasteiger partial charge in [-0.05, 0) is 37.1 Å². The van der Waals surface area contributed by atoms with Crippen molar-refractivity contribution in [2.75, 3.05) is 0 Å². The zero-order valence-electron chi connectivity index (χ0n) is 12.6.